The molecule has 0 spiro atoms. The van der Waals surface area contributed by atoms with Crippen LogP contribution in [0.5, 0.6) is 0 Å². The van der Waals surface area contributed by atoms with Crippen molar-refractivity contribution in [3.63, 3.8) is 0 Å². The quantitative estimate of drug-likeness (QED) is 0.895. The van der Waals surface area contributed by atoms with Gasteiger partial charge in [0.15, 0.2) is 0 Å². The van der Waals surface area contributed by atoms with Gasteiger partial charge in [-0.3, -0.25) is 0 Å². The minimum Gasteiger partial charge on any atom is -0.314 e. The first kappa shape index (κ1) is 17.0. The van der Waals surface area contributed by atoms with E-state index in [-0.39, 0.29) is 23.3 Å². The Morgan fingerprint density at radius 3 is 2.37 bits per heavy atom. The summed E-state index contributed by atoms with van der Waals surface area (Å²) in [5.41, 5.74) is 0. The molecular weight excluding hydrogens is 331 g/mol. The van der Waals surface area contributed by atoms with E-state index < -0.39 is 10.0 Å². The molecule has 0 bridgehead atoms. The number of halogens is 3. The Morgan fingerprint density at radius 2 is 1.84 bits per heavy atom. The summed E-state index contributed by atoms with van der Waals surface area (Å²) in [6.07, 6.45) is 0. The zero-order chi connectivity index (χ0) is 13.3. The van der Waals surface area contributed by atoms with Crippen molar-refractivity contribution >= 4 is 45.6 Å². The summed E-state index contributed by atoms with van der Waals surface area (Å²) in [5, 5.41) is 3.80. The van der Waals surface area contributed by atoms with Crippen molar-refractivity contribution in [2.75, 3.05) is 19.6 Å². The number of nitrogens with zero attached hydrogens (tertiary/aromatic N) is 1. The van der Waals surface area contributed by atoms with Gasteiger partial charge in [-0.05, 0) is 25.1 Å². The van der Waals surface area contributed by atoms with Gasteiger partial charge in [0, 0.05) is 35.7 Å². The van der Waals surface area contributed by atoms with Gasteiger partial charge in [0.05, 0.1) is 4.90 Å². The second-order valence-corrected chi connectivity index (χ2v) is 7.04. The highest BCUT2D eigenvalue weighted by Gasteiger charge is 2.31. The molecule has 8 heteroatoms. The summed E-state index contributed by atoms with van der Waals surface area (Å²) >= 11 is 11.7. The van der Waals surface area contributed by atoms with Gasteiger partial charge in [0.1, 0.15) is 0 Å². The van der Waals surface area contributed by atoms with E-state index in [1.165, 1.54) is 22.5 Å². The molecule has 108 valence electrons. The number of piperazine rings is 1. The van der Waals surface area contributed by atoms with Crippen LogP contribution in [0.3, 0.4) is 0 Å². The fourth-order valence-electron chi connectivity index (χ4n) is 1.99. The van der Waals surface area contributed by atoms with Crippen LogP contribution in [0.4, 0.5) is 0 Å². The normalized spacial score (nSPS) is 20.9. The molecule has 2 rings (SSSR count). The Hall–Kier alpha value is -0.0400. The van der Waals surface area contributed by atoms with Crippen LogP contribution in [0.15, 0.2) is 23.1 Å². The molecule has 4 nitrogen and oxygen atoms in total. The van der Waals surface area contributed by atoms with Gasteiger partial charge in [-0.1, -0.05) is 23.2 Å². The van der Waals surface area contributed by atoms with E-state index in [1.54, 1.807) is 0 Å². The van der Waals surface area contributed by atoms with Crippen molar-refractivity contribution < 1.29 is 8.42 Å². The summed E-state index contributed by atoms with van der Waals surface area (Å²) in [5.74, 6) is 0. The van der Waals surface area contributed by atoms with Crippen LogP contribution in [-0.2, 0) is 10.0 Å². The molecule has 1 aromatic carbocycles. The third-order valence-electron chi connectivity index (χ3n) is 2.88. The monoisotopic (exact) mass is 344 g/mol. The maximum Gasteiger partial charge on any atom is 0.243 e. The third kappa shape index (κ3) is 3.74. The van der Waals surface area contributed by atoms with Crippen LogP contribution in [0.2, 0.25) is 10.0 Å². The highest BCUT2D eigenvalue weighted by atomic mass is 35.5. The maximum atomic E-state index is 12.5. The third-order valence-corrected chi connectivity index (χ3v) is 5.31. The van der Waals surface area contributed by atoms with E-state index in [0.29, 0.717) is 29.7 Å². The summed E-state index contributed by atoms with van der Waals surface area (Å²) < 4.78 is 26.4. The SMILES string of the molecule is CC1CNCCN1S(=O)(=O)c1cc(Cl)cc(Cl)c1.Cl. The topological polar surface area (TPSA) is 49.4 Å². The first-order valence-electron chi connectivity index (χ1n) is 5.60. The lowest BCUT2D eigenvalue weighted by Gasteiger charge is -2.32. The lowest BCUT2D eigenvalue weighted by atomic mass is 10.3. The molecule has 1 fully saturated rings. The van der Waals surface area contributed by atoms with Gasteiger partial charge >= 0.3 is 0 Å². The van der Waals surface area contributed by atoms with Crippen molar-refractivity contribution in [1.29, 1.82) is 0 Å². The van der Waals surface area contributed by atoms with Crippen LogP contribution in [0.25, 0.3) is 0 Å². The van der Waals surface area contributed by atoms with Crippen LogP contribution in [0, 0.1) is 0 Å². The Balaban J connectivity index is 0.00000180. The fourth-order valence-corrected chi connectivity index (χ4v) is 4.35. The fraction of sp³-hybridized carbons (Fsp3) is 0.455. The van der Waals surface area contributed by atoms with E-state index in [4.69, 9.17) is 23.2 Å². The van der Waals surface area contributed by atoms with Gasteiger partial charge in [-0.2, -0.15) is 4.31 Å². The molecule has 19 heavy (non-hydrogen) atoms. The lowest BCUT2D eigenvalue weighted by molar-refractivity contribution is 0.284. The zero-order valence-corrected chi connectivity index (χ0v) is 13.4. The van der Waals surface area contributed by atoms with Crippen LogP contribution >= 0.6 is 35.6 Å². The molecule has 1 aliphatic heterocycles. The van der Waals surface area contributed by atoms with Gasteiger partial charge in [-0.25, -0.2) is 8.42 Å². The van der Waals surface area contributed by atoms with Gasteiger partial charge in [0.2, 0.25) is 10.0 Å². The Bertz CT molecular complexity index is 531. The maximum absolute atomic E-state index is 12.5. The van der Waals surface area contributed by atoms with Crippen LogP contribution in [0.1, 0.15) is 6.92 Å². The predicted octanol–water partition coefficient (Wildman–Crippen LogP) is 2.40. The lowest BCUT2D eigenvalue weighted by Crippen LogP contribution is -2.52. The zero-order valence-electron chi connectivity index (χ0n) is 10.3. The van der Waals surface area contributed by atoms with Crippen LogP contribution < -0.4 is 5.32 Å². The molecule has 0 radical (unpaired) electrons. The van der Waals surface area contributed by atoms with Crippen molar-refractivity contribution in [3.05, 3.63) is 28.2 Å². The average molecular weight is 346 g/mol. The molecule has 0 amide bonds. The van der Waals surface area contributed by atoms with Crippen molar-refractivity contribution in [2.24, 2.45) is 0 Å². The molecule has 1 aromatic rings. The summed E-state index contributed by atoms with van der Waals surface area (Å²) in [6.45, 7) is 3.62. The molecule has 0 aromatic heterocycles. The van der Waals surface area contributed by atoms with Crippen LogP contribution in [-0.4, -0.2) is 38.4 Å². The van der Waals surface area contributed by atoms with Gasteiger partial charge < -0.3 is 5.32 Å². The van der Waals surface area contributed by atoms with E-state index in [0.717, 1.165) is 0 Å². The molecule has 1 atom stereocenters. The number of rotatable bonds is 2. The van der Waals surface area contributed by atoms with Crippen molar-refractivity contribution in [3.8, 4) is 0 Å². The van der Waals surface area contributed by atoms with E-state index >= 15 is 0 Å². The first-order valence-corrected chi connectivity index (χ1v) is 7.79. The average Bonchev–Trinajstić information content (AvgIpc) is 2.28. The summed E-state index contributed by atoms with van der Waals surface area (Å²) in [7, 11) is -3.53. The number of sulfonamides is 1. The van der Waals surface area contributed by atoms with E-state index in [9.17, 15) is 8.42 Å². The molecule has 1 saturated heterocycles. The summed E-state index contributed by atoms with van der Waals surface area (Å²) in [6, 6.07) is 4.29. The molecule has 0 saturated carbocycles. The highest BCUT2D eigenvalue weighted by Crippen LogP contribution is 2.26. The van der Waals surface area contributed by atoms with E-state index in [2.05, 4.69) is 5.32 Å². The Labute approximate surface area is 129 Å². The largest absolute Gasteiger partial charge is 0.314 e. The molecule has 1 N–H and O–H groups in total. The molecular formula is C11H15Cl3N2O2S. The molecule has 1 unspecified atom stereocenters. The van der Waals surface area contributed by atoms with Crippen molar-refractivity contribution in [2.45, 2.75) is 17.9 Å². The highest BCUT2D eigenvalue weighted by molar-refractivity contribution is 7.89. The second-order valence-electron chi connectivity index (χ2n) is 4.27. The minimum atomic E-state index is -3.53. The van der Waals surface area contributed by atoms with E-state index in [1.807, 2.05) is 6.92 Å². The first-order chi connectivity index (χ1) is 8.41. The molecule has 1 aliphatic rings. The molecule has 0 aliphatic carbocycles. The Kier molecular flexibility index (Phi) is 5.92. The Morgan fingerprint density at radius 1 is 1.26 bits per heavy atom. The minimum absolute atomic E-state index is 0. The van der Waals surface area contributed by atoms with Gasteiger partial charge in [0.25, 0.3) is 0 Å². The standard InChI is InChI=1S/C11H14Cl2N2O2S.ClH/c1-8-7-14-2-3-15(8)18(16,17)11-5-9(12)4-10(13)6-11;/h4-6,8,14H,2-3,7H2,1H3;1H. The summed E-state index contributed by atoms with van der Waals surface area (Å²) in [4.78, 5) is 0.147. The number of nitrogens with one attached hydrogen (secondary N) is 1. The van der Waals surface area contributed by atoms with Crippen molar-refractivity contribution in [1.82, 2.24) is 9.62 Å². The number of benzene rings is 1. The number of hydrogen-bond acceptors (Lipinski definition) is 3. The second kappa shape index (κ2) is 6.61. The molecule has 1 heterocycles. The smallest absolute Gasteiger partial charge is 0.243 e. The van der Waals surface area contributed by atoms with Gasteiger partial charge in [-0.15, -0.1) is 12.4 Å². The number of hydrogen-bond donors (Lipinski definition) is 1. The predicted molar refractivity (Wildman–Crippen MR) is 79.9 cm³/mol.